The van der Waals surface area contributed by atoms with Crippen LogP contribution in [-0.2, 0) is 16.1 Å². The number of nitrogens with one attached hydrogen (secondary N) is 2. The van der Waals surface area contributed by atoms with E-state index in [1.807, 2.05) is 12.1 Å². The topological polar surface area (TPSA) is 105 Å². The van der Waals surface area contributed by atoms with Gasteiger partial charge in [-0.2, -0.15) is 0 Å². The maximum absolute atomic E-state index is 12.5. The van der Waals surface area contributed by atoms with Gasteiger partial charge in [0, 0.05) is 37.3 Å². The third-order valence-corrected chi connectivity index (χ3v) is 4.00. The summed E-state index contributed by atoms with van der Waals surface area (Å²) in [5.41, 5.74) is 7.86. The number of anilines is 1. The second kappa shape index (κ2) is 5.76. The molecule has 0 aliphatic carbocycles. The van der Waals surface area contributed by atoms with Crippen LogP contribution in [0.3, 0.4) is 0 Å². The highest BCUT2D eigenvalue weighted by Crippen LogP contribution is 2.29. The van der Waals surface area contributed by atoms with Gasteiger partial charge < -0.3 is 16.0 Å². The first-order valence-electron chi connectivity index (χ1n) is 7.31. The molecule has 7 nitrogen and oxygen atoms in total. The molecule has 0 spiro atoms. The van der Waals surface area contributed by atoms with Crippen LogP contribution in [0.15, 0.2) is 18.2 Å². The van der Waals surface area contributed by atoms with Crippen molar-refractivity contribution >= 4 is 23.4 Å². The average Bonchev–Trinajstić information content (AvgIpc) is 2.82. The Labute approximate surface area is 127 Å². The zero-order valence-corrected chi connectivity index (χ0v) is 12.1. The van der Waals surface area contributed by atoms with Gasteiger partial charge in [-0.1, -0.05) is 0 Å². The number of carbonyl (C=O) groups excluding carboxylic acids is 3. The van der Waals surface area contributed by atoms with Crippen molar-refractivity contribution in [2.24, 2.45) is 5.73 Å². The molecule has 1 aromatic carbocycles. The largest absolute Gasteiger partial charge is 0.384 e. The number of piperidine rings is 1. The highest BCUT2D eigenvalue weighted by atomic mass is 16.2. The Balaban J connectivity index is 1.78. The quantitative estimate of drug-likeness (QED) is 0.669. The minimum atomic E-state index is -0.571. The Morgan fingerprint density at radius 1 is 1.32 bits per heavy atom. The highest BCUT2D eigenvalue weighted by Gasteiger charge is 2.38. The summed E-state index contributed by atoms with van der Waals surface area (Å²) in [4.78, 5) is 37.2. The summed E-state index contributed by atoms with van der Waals surface area (Å²) in [6, 6.07) is 4.94. The molecule has 7 heteroatoms. The minimum absolute atomic E-state index is 0.158. The molecule has 2 aliphatic heterocycles. The summed E-state index contributed by atoms with van der Waals surface area (Å²) in [5, 5.41) is 5.46. The van der Waals surface area contributed by atoms with Crippen molar-refractivity contribution in [1.29, 1.82) is 0 Å². The maximum Gasteiger partial charge on any atom is 0.255 e. The van der Waals surface area contributed by atoms with Crippen LogP contribution >= 0.6 is 0 Å². The molecule has 1 fully saturated rings. The van der Waals surface area contributed by atoms with E-state index >= 15 is 0 Å². The van der Waals surface area contributed by atoms with Gasteiger partial charge in [-0.15, -0.1) is 0 Å². The minimum Gasteiger partial charge on any atom is -0.384 e. The van der Waals surface area contributed by atoms with Gasteiger partial charge in [-0.25, -0.2) is 0 Å². The van der Waals surface area contributed by atoms with Crippen LogP contribution in [0.1, 0.15) is 28.8 Å². The smallest absolute Gasteiger partial charge is 0.255 e. The summed E-state index contributed by atoms with van der Waals surface area (Å²) in [7, 11) is 0. The van der Waals surface area contributed by atoms with E-state index < -0.39 is 6.04 Å². The van der Waals surface area contributed by atoms with Crippen LogP contribution in [0.25, 0.3) is 0 Å². The third-order valence-electron chi connectivity index (χ3n) is 4.00. The molecule has 0 aromatic heterocycles. The van der Waals surface area contributed by atoms with Crippen LogP contribution in [0, 0.1) is 0 Å². The van der Waals surface area contributed by atoms with Crippen LogP contribution < -0.4 is 16.4 Å². The fraction of sp³-hybridized carbons (Fsp3) is 0.400. The fourth-order valence-electron chi connectivity index (χ4n) is 2.90. The van der Waals surface area contributed by atoms with E-state index in [0.29, 0.717) is 31.6 Å². The van der Waals surface area contributed by atoms with Crippen LogP contribution in [-0.4, -0.2) is 41.8 Å². The number of hydrogen-bond donors (Lipinski definition) is 3. The monoisotopic (exact) mass is 302 g/mol. The van der Waals surface area contributed by atoms with E-state index in [1.54, 1.807) is 11.0 Å². The van der Waals surface area contributed by atoms with Crippen LogP contribution in [0.2, 0.25) is 0 Å². The van der Waals surface area contributed by atoms with Crippen molar-refractivity contribution in [3.05, 3.63) is 29.3 Å². The molecule has 4 N–H and O–H groups in total. The van der Waals surface area contributed by atoms with Gasteiger partial charge in [0.25, 0.3) is 5.91 Å². The number of carbonyl (C=O) groups is 3. The number of hydrogen-bond acceptors (Lipinski definition) is 5. The van der Waals surface area contributed by atoms with Crippen molar-refractivity contribution in [3.8, 4) is 0 Å². The number of benzene rings is 1. The average molecular weight is 302 g/mol. The molecule has 3 amide bonds. The molecule has 22 heavy (non-hydrogen) atoms. The van der Waals surface area contributed by atoms with Crippen molar-refractivity contribution in [2.75, 3.05) is 18.4 Å². The zero-order chi connectivity index (χ0) is 15.7. The molecular weight excluding hydrogens is 284 g/mol. The molecule has 1 atom stereocenters. The van der Waals surface area contributed by atoms with E-state index in [0.717, 1.165) is 11.3 Å². The Hall–Kier alpha value is -2.41. The van der Waals surface area contributed by atoms with Crippen molar-refractivity contribution in [3.63, 3.8) is 0 Å². The Kier molecular flexibility index (Phi) is 3.81. The third kappa shape index (κ3) is 2.55. The summed E-state index contributed by atoms with van der Waals surface area (Å²) in [5.74, 6) is -0.826. The van der Waals surface area contributed by atoms with E-state index in [-0.39, 0.29) is 24.1 Å². The molecule has 0 unspecified atom stereocenters. The lowest BCUT2D eigenvalue weighted by Crippen LogP contribution is -2.52. The van der Waals surface area contributed by atoms with E-state index in [9.17, 15) is 14.4 Å². The standard InChI is InChI=1S/C15H18N4O3/c16-5-6-17-10-1-2-11-9(7-10)8-19(15(11)22)12-3-4-13(20)18-14(12)21/h1-2,7,12,17H,3-6,8,16H2,(H,18,20,21)/t12-/m0/s1. The zero-order valence-electron chi connectivity index (χ0n) is 12.1. The number of nitrogens with zero attached hydrogens (tertiary/aromatic N) is 1. The summed E-state index contributed by atoms with van der Waals surface area (Å²) in [6.07, 6.45) is 0.641. The molecule has 0 radical (unpaired) electrons. The van der Waals surface area contributed by atoms with Gasteiger partial charge in [0.15, 0.2) is 0 Å². The van der Waals surface area contributed by atoms with Crippen molar-refractivity contribution in [2.45, 2.75) is 25.4 Å². The lowest BCUT2D eigenvalue weighted by atomic mass is 10.0. The van der Waals surface area contributed by atoms with E-state index in [2.05, 4.69) is 10.6 Å². The molecule has 1 aromatic rings. The summed E-state index contributed by atoms with van der Waals surface area (Å²) < 4.78 is 0. The molecular formula is C15H18N4O3. The second-order valence-corrected chi connectivity index (χ2v) is 5.49. The van der Waals surface area contributed by atoms with Crippen molar-refractivity contribution < 1.29 is 14.4 Å². The maximum atomic E-state index is 12.5. The van der Waals surface area contributed by atoms with E-state index in [1.165, 1.54) is 0 Å². The molecule has 2 heterocycles. The number of nitrogens with two attached hydrogens (primary N) is 1. The Morgan fingerprint density at radius 2 is 2.14 bits per heavy atom. The van der Waals surface area contributed by atoms with Gasteiger partial charge in [-0.3, -0.25) is 19.7 Å². The first-order chi connectivity index (χ1) is 10.6. The lowest BCUT2D eigenvalue weighted by Gasteiger charge is -2.29. The second-order valence-electron chi connectivity index (χ2n) is 5.49. The molecule has 3 rings (SSSR count). The van der Waals surface area contributed by atoms with Gasteiger partial charge >= 0.3 is 0 Å². The first kappa shape index (κ1) is 14.5. The first-order valence-corrected chi connectivity index (χ1v) is 7.31. The normalized spacial score (nSPS) is 20.9. The van der Waals surface area contributed by atoms with Crippen molar-refractivity contribution in [1.82, 2.24) is 10.2 Å². The molecule has 0 saturated carbocycles. The van der Waals surface area contributed by atoms with Gasteiger partial charge in [-0.05, 0) is 30.2 Å². The lowest BCUT2D eigenvalue weighted by molar-refractivity contribution is -0.136. The Bertz CT molecular complexity index is 644. The molecule has 116 valence electrons. The number of amides is 3. The fourth-order valence-corrected chi connectivity index (χ4v) is 2.90. The SMILES string of the molecule is NCCNc1ccc2c(c1)CN([C@H]1CCC(=O)NC1=O)C2=O. The number of imide groups is 1. The van der Waals surface area contributed by atoms with Crippen LogP contribution in [0.4, 0.5) is 5.69 Å². The number of rotatable bonds is 4. The molecule has 1 saturated heterocycles. The number of fused-ring (bicyclic) bond motifs is 1. The van der Waals surface area contributed by atoms with Gasteiger partial charge in [0.2, 0.25) is 11.8 Å². The highest BCUT2D eigenvalue weighted by molar-refractivity contribution is 6.05. The van der Waals surface area contributed by atoms with Gasteiger partial charge in [0.1, 0.15) is 6.04 Å². The molecule has 2 aliphatic rings. The Morgan fingerprint density at radius 3 is 2.86 bits per heavy atom. The summed E-state index contributed by atoms with van der Waals surface area (Å²) in [6.45, 7) is 1.57. The predicted octanol–water partition coefficient (Wildman–Crippen LogP) is -0.182. The molecule has 0 bridgehead atoms. The van der Waals surface area contributed by atoms with E-state index in [4.69, 9.17) is 5.73 Å². The predicted molar refractivity (Wildman–Crippen MR) is 80.0 cm³/mol. The van der Waals surface area contributed by atoms with Crippen LogP contribution in [0.5, 0.6) is 0 Å². The summed E-state index contributed by atoms with van der Waals surface area (Å²) >= 11 is 0. The van der Waals surface area contributed by atoms with Gasteiger partial charge in [0.05, 0.1) is 0 Å².